The van der Waals surface area contributed by atoms with Crippen LogP contribution >= 0.6 is 11.3 Å². The molecule has 0 saturated carbocycles. The van der Waals surface area contributed by atoms with Crippen LogP contribution in [-0.2, 0) is 9.53 Å². The number of methoxy groups -OCH3 is 1. The fourth-order valence-electron chi connectivity index (χ4n) is 2.92. The molecule has 0 spiro atoms. The summed E-state index contributed by atoms with van der Waals surface area (Å²) in [6, 6.07) is 14.5. The summed E-state index contributed by atoms with van der Waals surface area (Å²) in [6.45, 7) is 3.79. The van der Waals surface area contributed by atoms with Gasteiger partial charge < -0.3 is 9.30 Å². The monoisotopic (exact) mass is 368 g/mol. The lowest BCUT2D eigenvalue weighted by Crippen LogP contribution is -2.28. The van der Waals surface area contributed by atoms with Gasteiger partial charge in [0.2, 0.25) is 0 Å². The molecule has 0 aliphatic rings. The van der Waals surface area contributed by atoms with Gasteiger partial charge in [-0.15, -0.1) is 0 Å². The Morgan fingerprint density at radius 3 is 2.54 bits per heavy atom. The number of hydrogen-bond acceptors (Lipinski definition) is 4. The summed E-state index contributed by atoms with van der Waals surface area (Å²) < 4.78 is 7.73. The number of amides is 1. The fourth-order valence-corrected chi connectivity index (χ4v) is 3.99. The molecule has 26 heavy (non-hydrogen) atoms. The van der Waals surface area contributed by atoms with Crippen molar-refractivity contribution in [1.82, 2.24) is 4.57 Å². The average Bonchev–Trinajstić information content (AvgIpc) is 3.00. The van der Waals surface area contributed by atoms with Crippen LogP contribution < -0.4 is 4.80 Å². The molecule has 1 amide bonds. The summed E-state index contributed by atoms with van der Waals surface area (Å²) in [5.41, 5.74) is 2.29. The van der Waals surface area contributed by atoms with E-state index in [1.54, 1.807) is 6.07 Å². The van der Waals surface area contributed by atoms with Gasteiger partial charge in [-0.25, -0.2) is 4.79 Å². The smallest absolute Gasteiger partial charge is 0.328 e. The van der Waals surface area contributed by atoms with Gasteiger partial charge in [-0.1, -0.05) is 48.6 Å². The molecule has 5 nitrogen and oxygen atoms in total. The maximum atomic E-state index is 12.7. The van der Waals surface area contributed by atoms with Crippen molar-refractivity contribution in [2.75, 3.05) is 7.11 Å². The quantitative estimate of drug-likeness (QED) is 0.657. The fraction of sp³-hybridized carbons (Fsp3) is 0.250. The summed E-state index contributed by atoms with van der Waals surface area (Å²) in [4.78, 5) is 29.9. The first-order valence-electron chi connectivity index (χ1n) is 8.39. The first-order chi connectivity index (χ1) is 12.6. The number of nitrogens with zero attached hydrogens (tertiary/aromatic N) is 2. The summed E-state index contributed by atoms with van der Waals surface area (Å²) in [5.74, 6) is -0.663. The Morgan fingerprint density at radius 1 is 1.15 bits per heavy atom. The van der Waals surface area contributed by atoms with Crippen LogP contribution in [0.1, 0.15) is 35.3 Å². The zero-order valence-electron chi connectivity index (χ0n) is 14.9. The molecule has 134 valence electrons. The van der Waals surface area contributed by atoms with Crippen LogP contribution in [0.4, 0.5) is 0 Å². The van der Waals surface area contributed by atoms with E-state index in [4.69, 9.17) is 4.74 Å². The van der Waals surface area contributed by atoms with Crippen LogP contribution in [0.5, 0.6) is 0 Å². The topological polar surface area (TPSA) is 60.7 Å². The summed E-state index contributed by atoms with van der Waals surface area (Å²) in [5, 5.41) is 0. The highest BCUT2D eigenvalue weighted by Crippen LogP contribution is 2.23. The number of aromatic nitrogens is 1. The van der Waals surface area contributed by atoms with E-state index in [0.29, 0.717) is 16.8 Å². The third-order valence-corrected chi connectivity index (χ3v) is 5.31. The second-order valence-corrected chi connectivity index (χ2v) is 6.91. The lowest BCUT2D eigenvalue weighted by molar-refractivity contribution is -0.144. The Hall–Kier alpha value is -2.73. The van der Waals surface area contributed by atoms with Gasteiger partial charge in [-0.3, -0.25) is 4.79 Å². The van der Waals surface area contributed by atoms with Crippen LogP contribution in [0.15, 0.2) is 53.5 Å². The van der Waals surface area contributed by atoms with Gasteiger partial charge >= 0.3 is 5.97 Å². The minimum Gasteiger partial charge on any atom is -0.467 e. The lowest BCUT2D eigenvalue weighted by Gasteiger charge is -2.15. The number of hydrogen-bond donors (Lipinski definition) is 0. The summed E-state index contributed by atoms with van der Waals surface area (Å²) in [7, 11) is 1.37. The van der Waals surface area contributed by atoms with E-state index in [9.17, 15) is 9.59 Å². The van der Waals surface area contributed by atoms with E-state index in [1.165, 1.54) is 18.4 Å². The van der Waals surface area contributed by atoms with E-state index >= 15 is 0 Å². The first-order valence-corrected chi connectivity index (χ1v) is 9.21. The third-order valence-electron chi connectivity index (χ3n) is 4.28. The standard InChI is InChI=1S/C20H20N2O3S/c1-4-15(19(24)25-3)22-16-11-7-8-12-17(16)26-20(22)21-18(23)14-10-6-5-9-13(14)2/h5-12,15H,4H2,1-3H3. The van der Waals surface area contributed by atoms with Crippen LogP contribution in [-0.4, -0.2) is 23.6 Å². The number of carbonyl (C=O) groups is 2. The number of esters is 1. The second kappa shape index (κ2) is 7.66. The van der Waals surface area contributed by atoms with Gasteiger partial charge in [0.05, 0.1) is 17.3 Å². The van der Waals surface area contributed by atoms with Gasteiger partial charge in [0, 0.05) is 5.56 Å². The molecular weight excluding hydrogens is 348 g/mol. The molecule has 1 atom stereocenters. The molecule has 0 saturated heterocycles. The van der Waals surface area contributed by atoms with Crippen LogP contribution in [0.2, 0.25) is 0 Å². The Morgan fingerprint density at radius 2 is 1.85 bits per heavy atom. The molecule has 6 heteroatoms. The first kappa shape index (κ1) is 18.1. The highest BCUT2D eigenvalue weighted by molar-refractivity contribution is 7.16. The van der Waals surface area contributed by atoms with E-state index in [2.05, 4.69) is 4.99 Å². The molecule has 3 aromatic rings. The van der Waals surface area contributed by atoms with Gasteiger partial charge in [0.1, 0.15) is 6.04 Å². The van der Waals surface area contributed by atoms with Crippen LogP contribution in [0, 0.1) is 6.92 Å². The van der Waals surface area contributed by atoms with Gasteiger partial charge in [0.25, 0.3) is 5.91 Å². The predicted octanol–water partition coefficient (Wildman–Crippen LogP) is 3.88. The van der Waals surface area contributed by atoms with Crippen molar-refractivity contribution >= 4 is 33.4 Å². The number of benzene rings is 2. The third kappa shape index (κ3) is 3.32. The molecular formula is C20H20N2O3S. The molecule has 0 N–H and O–H groups in total. The SMILES string of the molecule is CCC(C(=O)OC)n1c(=NC(=O)c2ccccc2C)sc2ccccc21. The van der Waals surface area contributed by atoms with E-state index in [1.807, 2.05) is 60.9 Å². The molecule has 0 bridgehead atoms. The van der Waals surface area contributed by atoms with Crippen molar-refractivity contribution in [2.45, 2.75) is 26.3 Å². The zero-order chi connectivity index (χ0) is 18.7. The normalized spacial score (nSPS) is 13.0. The van der Waals surface area contributed by atoms with Crippen molar-refractivity contribution in [2.24, 2.45) is 4.99 Å². The average molecular weight is 368 g/mol. The van der Waals surface area contributed by atoms with Crippen molar-refractivity contribution < 1.29 is 14.3 Å². The predicted molar refractivity (Wildman–Crippen MR) is 102 cm³/mol. The maximum Gasteiger partial charge on any atom is 0.328 e. The van der Waals surface area contributed by atoms with E-state index < -0.39 is 6.04 Å². The molecule has 0 fully saturated rings. The van der Waals surface area contributed by atoms with Gasteiger partial charge in [0.15, 0.2) is 4.80 Å². The highest BCUT2D eigenvalue weighted by Gasteiger charge is 2.23. The highest BCUT2D eigenvalue weighted by atomic mass is 32.1. The van der Waals surface area contributed by atoms with Crippen molar-refractivity contribution in [1.29, 1.82) is 0 Å². The molecule has 1 unspecified atom stereocenters. The van der Waals surface area contributed by atoms with Crippen molar-refractivity contribution in [3.63, 3.8) is 0 Å². The molecule has 1 aromatic heterocycles. The minimum absolute atomic E-state index is 0.317. The number of ether oxygens (including phenoxy) is 1. The van der Waals surface area contributed by atoms with Gasteiger partial charge in [-0.05, 0) is 37.1 Å². The number of aryl methyl sites for hydroxylation is 1. The molecule has 3 rings (SSSR count). The number of carbonyl (C=O) groups excluding carboxylic acids is 2. The number of para-hydroxylation sites is 1. The zero-order valence-corrected chi connectivity index (χ0v) is 15.7. The van der Waals surface area contributed by atoms with Crippen LogP contribution in [0.3, 0.4) is 0 Å². The van der Waals surface area contributed by atoms with Crippen molar-refractivity contribution in [3.8, 4) is 0 Å². The lowest BCUT2D eigenvalue weighted by atomic mass is 10.1. The molecule has 0 aliphatic heterocycles. The molecule has 2 aromatic carbocycles. The largest absolute Gasteiger partial charge is 0.467 e. The van der Waals surface area contributed by atoms with E-state index in [0.717, 1.165) is 15.8 Å². The number of thiazole rings is 1. The van der Waals surface area contributed by atoms with Gasteiger partial charge in [-0.2, -0.15) is 4.99 Å². The Kier molecular flexibility index (Phi) is 5.32. The van der Waals surface area contributed by atoms with Crippen molar-refractivity contribution in [3.05, 3.63) is 64.5 Å². The van der Waals surface area contributed by atoms with Crippen LogP contribution in [0.25, 0.3) is 10.2 Å². The number of fused-ring (bicyclic) bond motifs is 1. The molecule has 0 aliphatic carbocycles. The summed E-state index contributed by atoms with van der Waals surface area (Å²) in [6.07, 6.45) is 0.541. The minimum atomic E-state index is -0.528. The summed E-state index contributed by atoms with van der Waals surface area (Å²) >= 11 is 1.39. The molecule has 1 heterocycles. The second-order valence-electron chi connectivity index (χ2n) is 5.90. The Labute approximate surface area is 155 Å². The Balaban J connectivity index is 2.22. The molecule has 0 radical (unpaired) electrons. The number of rotatable bonds is 4. The Bertz CT molecular complexity index is 1030. The maximum absolute atomic E-state index is 12.7. The van der Waals surface area contributed by atoms with E-state index in [-0.39, 0.29) is 11.9 Å².